The summed E-state index contributed by atoms with van der Waals surface area (Å²) in [5.74, 6) is 0. The van der Waals surface area contributed by atoms with Crippen LogP contribution in [0.5, 0.6) is 0 Å². The maximum absolute atomic E-state index is 12.3. The number of aryl methyl sites for hydroxylation is 1. The normalized spacial score (nSPS) is 11.8. The van der Waals surface area contributed by atoms with Crippen molar-refractivity contribution in [1.29, 1.82) is 0 Å². The highest BCUT2D eigenvalue weighted by atomic mass is 35.5. The number of rotatable bonds is 5. The van der Waals surface area contributed by atoms with Gasteiger partial charge in [0.1, 0.15) is 9.90 Å². The van der Waals surface area contributed by atoms with Gasteiger partial charge < -0.3 is 5.73 Å². The Hall–Kier alpha value is -0.860. The predicted molar refractivity (Wildman–Crippen MR) is 86.4 cm³/mol. The first-order valence-electron chi connectivity index (χ1n) is 6.01. The molecule has 0 saturated heterocycles. The second-order valence-electron chi connectivity index (χ2n) is 4.20. The van der Waals surface area contributed by atoms with Crippen LogP contribution < -0.4 is 10.5 Å². The third kappa shape index (κ3) is 3.87. The van der Waals surface area contributed by atoms with Crippen molar-refractivity contribution in [2.45, 2.75) is 24.8 Å². The summed E-state index contributed by atoms with van der Waals surface area (Å²) in [5.41, 5.74) is 5.71. The molecular formula is C12H13Cl2N3O2S2. The number of benzene rings is 1. The predicted octanol–water partition coefficient (Wildman–Crippen LogP) is 3.07. The summed E-state index contributed by atoms with van der Waals surface area (Å²) in [7, 11) is -3.83. The van der Waals surface area contributed by atoms with E-state index in [-0.39, 0.29) is 27.2 Å². The summed E-state index contributed by atoms with van der Waals surface area (Å²) in [6.07, 6.45) is 2.60. The van der Waals surface area contributed by atoms with Gasteiger partial charge in [0.15, 0.2) is 0 Å². The summed E-state index contributed by atoms with van der Waals surface area (Å²) in [5, 5.41) is 0.948. The molecule has 0 saturated carbocycles. The van der Waals surface area contributed by atoms with Crippen molar-refractivity contribution in [2.75, 3.05) is 5.73 Å². The summed E-state index contributed by atoms with van der Waals surface area (Å²) in [6, 6.07) is 2.69. The van der Waals surface area contributed by atoms with E-state index in [1.54, 1.807) is 6.20 Å². The molecule has 0 unspecified atom stereocenters. The van der Waals surface area contributed by atoms with Crippen molar-refractivity contribution < 1.29 is 8.42 Å². The van der Waals surface area contributed by atoms with E-state index in [9.17, 15) is 8.42 Å². The summed E-state index contributed by atoms with van der Waals surface area (Å²) in [6.45, 7) is 2.10. The van der Waals surface area contributed by atoms with Gasteiger partial charge in [-0.25, -0.2) is 18.1 Å². The quantitative estimate of drug-likeness (QED) is 0.797. The number of anilines is 1. The highest BCUT2D eigenvalue weighted by Gasteiger charge is 2.22. The van der Waals surface area contributed by atoms with Crippen LogP contribution in [0.4, 0.5) is 5.69 Å². The Morgan fingerprint density at radius 1 is 1.38 bits per heavy atom. The van der Waals surface area contributed by atoms with Gasteiger partial charge in [-0.05, 0) is 18.6 Å². The molecule has 1 aromatic heterocycles. The lowest BCUT2D eigenvalue weighted by Crippen LogP contribution is -2.24. The smallest absolute Gasteiger partial charge is 0.244 e. The SMILES string of the molecule is CCc1cnc(CNS(=O)(=O)c2c(N)cc(Cl)cc2Cl)s1. The number of hydrogen-bond donors (Lipinski definition) is 2. The average molecular weight is 366 g/mol. The number of sulfonamides is 1. The Bertz CT molecular complexity index is 737. The minimum atomic E-state index is -3.83. The third-order valence-corrected chi connectivity index (χ3v) is 5.96. The standard InChI is InChI=1S/C12H13Cl2N3O2S2/c1-2-8-5-16-11(20-8)6-17-21(18,19)12-9(14)3-7(13)4-10(12)15/h3-5,17H,2,6,15H2,1H3. The van der Waals surface area contributed by atoms with E-state index in [2.05, 4.69) is 9.71 Å². The fraction of sp³-hybridized carbons (Fsp3) is 0.250. The van der Waals surface area contributed by atoms with Gasteiger partial charge in [0, 0.05) is 16.1 Å². The van der Waals surface area contributed by atoms with Crippen LogP contribution >= 0.6 is 34.5 Å². The van der Waals surface area contributed by atoms with E-state index in [0.29, 0.717) is 5.01 Å². The maximum Gasteiger partial charge on any atom is 0.244 e. The first-order chi connectivity index (χ1) is 9.83. The van der Waals surface area contributed by atoms with Crippen LogP contribution in [0, 0.1) is 0 Å². The van der Waals surface area contributed by atoms with Crippen LogP contribution in [0.25, 0.3) is 0 Å². The van der Waals surface area contributed by atoms with Gasteiger partial charge >= 0.3 is 0 Å². The first-order valence-corrected chi connectivity index (χ1v) is 9.07. The van der Waals surface area contributed by atoms with Gasteiger partial charge in [-0.1, -0.05) is 30.1 Å². The Labute approximate surface area is 137 Å². The molecule has 21 heavy (non-hydrogen) atoms. The number of nitrogens with one attached hydrogen (secondary N) is 1. The van der Waals surface area contributed by atoms with Crippen LogP contribution in [0.2, 0.25) is 10.0 Å². The maximum atomic E-state index is 12.3. The second-order valence-corrected chi connectivity index (χ2v) is 7.95. The van der Waals surface area contributed by atoms with Crippen molar-refractivity contribution in [3.8, 4) is 0 Å². The zero-order valence-electron chi connectivity index (χ0n) is 11.1. The van der Waals surface area contributed by atoms with E-state index in [4.69, 9.17) is 28.9 Å². The van der Waals surface area contributed by atoms with Gasteiger partial charge in [0.05, 0.1) is 17.3 Å². The molecule has 5 nitrogen and oxygen atoms in total. The molecule has 0 aliphatic carbocycles. The molecule has 0 amide bonds. The zero-order chi connectivity index (χ0) is 15.6. The topological polar surface area (TPSA) is 85.1 Å². The number of halogens is 2. The van der Waals surface area contributed by atoms with Gasteiger partial charge in [0.2, 0.25) is 10.0 Å². The van der Waals surface area contributed by atoms with Crippen LogP contribution in [0.15, 0.2) is 23.2 Å². The fourth-order valence-corrected chi connectivity index (χ4v) is 4.55. The summed E-state index contributed by atoms with van der Waals surface area (Å²) >= 11 is 13.2. The molecule has 1 heterocycles. The lowest BCUT2D eigenvalue weighted by atomic mass is 10.3. The molecule has 0 bridgehead atoms. The van der Waals surface area contributed by atoms with Gasteiger partial charge in [0.25, 0.3) is 0 Å². The number of nitrogens with two attached hydrogens (primary N) is 1. The monoisotopic (exact) mass is 365 g/mol. The van der Waals surface area contributed by atoms with E-state index in [1.807, 2.05) is 6.92 Å². The van der Waals surface area contributed by atoms with Crippen LogP contribution in [0.3, 0.4) is 0 Å². The number of hydrogen-bond acceptors (Lipinski definition) is 5. The fourth-order valence-electron chi connectivity index (χ4n) is 1.69. The van der Waals surface area contributed by atoms with Crippen molar-refractivity contribution in [3.63, 3.8) is 0 Å². The van der Waals surface area contributed by atoms with Gasteiger partial charge in [-0.3, -0.25) is 0 Å². The number of nitrogens with zero attached hydrogens (tertiary/aromatic N) is 1. The van der Waals surface area contributed by atoms with E-state index in [1.165, 1.54) is 23.5 Å². The lowest BCUT2D eigenvalue weighted by Gasteiger charge is -2.10. The van der Waals surface area contributed by atoms with Gasteiger partial charge in [-0.2, -0.15) is 0 Å². The molecule has 0 atom stereocenters. The van der Waals surface area contributed by atoms with E-state index < -0.39 is 10.0 Å². The molecule has 0 aliphatic rings. The number of aromatic nitrogens is 1. The average Bonchev–Trinajstić information content (AvgIpc) is 2.82. The molecule has 9 heteroatoms. The Morgan fingerprint density at radius 3 is 2.67 bits per heavy atom. The van der Waals surface area contributed by atoms with Crippen molar-refractivity contribution in [3.05, 3.63) is 38.3 Å². The third-order valence-electron chi connectivity index (χ3n) is 2.67. The number of thiazole rings is 1. The van der Waals surface area contributed by atoms with Crippen LogP contribution in [-0.2, 0) is 23.0 Å². The molecule has 3 N–H and O–H groups in total. The Kier molecular flexibility index (Phi) is 5.11. The molecule has 0 fully saturated rings. The van der Waals surface area contributed by atoms with Crippen molar-refractivity contribution in [2.24, 2.45) is 0 Å². The Balaban J connectivity index is 2.23. The molecule has 0 aliphatic heterocycles. The zero-order valence-corrected chi connectivity index (χ0v) is 14.2. The van der Waals surface area contributed by atoms with Crippen molar-refractivity contribution >= 4 is 50.2 Å². The molecule has 2 aromatic rings. The molecule has 1 aromatic carbocycles. The highest BCUT2D eigenvalue weighted by Crippen LogP contribution is 2.31. The summed E-state index contributed by atoms with van der Waals surface area (Å²) in [4.78, 5) is 5.07. The van der Waals surface area contributed by atoms with Crippen LogP contribution in [0.1, 0.15) is 16.8 Å². The molecule has 114 valence electrons. The van der Waals surface area contributed by atoms with E-state index in [0.717, 1.165) is 11.3 Å². The minimum absolute atomic E-state index is 0.00776. The van der Waals surface area contributed by atoms with E-state index >= 15 is 0 Å². The largest absolute Gasteiger partial charge is 0.398 e. The second kappa shape index (κ2) is 6.50. The molecule has 0 radical (unpaired) electrons. The molecule has 2 rings (SSSR count). The first kappa shape index (κ1) is 16.5. The molecule has 0 spiro atoms. The van der Waals surface area contributed by atoms with Crippen LogP contribution in [-0.4, -0.2) is 13.4 Å². The highest BCUT2D eigenvalue weighted by molar-refractivity contribution is 7.89. The summed E-state index contributed by atoms with van der Waals surface area (Å²) < 4.78 is 27.0. The molecular weight excluding hydrogens is 353 g/mol. The number of nitrogen functional groups attached to an aromatic ring is 1. The van der Waals surface area contributed by atoms with Gasteiger partial charge in [-0.15, -0.1) is 11.3 Å². The Morgan fingerprint density at radius 2 is 2.10 bits per heavy atom. The van der Waals surface area contributed by atoms with Crippen molar-refractivity contribution in [1.82, 2.24) is 9.71 Å². The lowest BCUT2D eigenvalue weighted by molar-refractivity contribution is 0.581. The minimum Gasteiger partial charge on any atom is -0.398 e.